The first-order valence-corrected chi connectivity index (χ1v) is 6.10. The number of nitrogens with two attached hydrogens (primary N) is 1. The summed E-state index contributed by atoms with van der Waals surface area (Å²) < 4.78 is 26.2. The molecule has 1 heterocycles. The van der Waals surface area contributed by atoms with Gasteiger partial charge in [0.05, 0.1) is 23.7 Å². The molecule has 2 rings (SSSR count). The maximum Gasteiger partial charge on any atom is 0.161 e. The molecule has 0 fully saturated rings. The number of fused-ring (bicyclic) bond motifs is 1. The van der Waals surface area contributed by atoms with Crippen LogP contribution in [0.1, 0.15) is 11.9 Å². The van der Waals surface area contributed by atoms with Crippen molar-refractivity contribution in [2.45, 2.75) is 24.4 Å². The molecule has 0 bridgehead atoms. The highest BCUT2D eigenvalue weighted by Crippen LogP contribution is 2.21. The fourth-order valence-corrected chi connectivity index (χ4v) is 1.89. The summed E-state index contributed by atoms with van der Waals surface area (Å²) in [6.45, 7) is -0.762. The van der Waals surface area contributed by atoms with Crippen molar-refractivity contribution in [3.8, 4) is 0 Å². The molecule has 0 radical (unpaired) electrons. The number of hydrogen-bond donors (Lipinski definition) is 6. The molecule has 21 heavy (non-hydrogen) atoms. The summed E-state index contributed by atoms with van der Waals surface area (Å²) in [5, 5.41) is 37.4. The maximum atomic E-state index is 13.1. The van der Waals surface area contributed by atoms with Gasteiger partial charge in [0, 0.05) is 12.1 Å². The van der Waals surface area contributed by atoms with Crippen LogP contribution in [-0.2, 0) is 0 Å². The molecule has 0 saturated heterocycles. The van der Waals surface area contributed by atoms with Gasteiger partial charge < -0.3 is 31.1 Å². The van der Waals surface area contributed by atoms with Crippen LogP contribution in [0.2, 0.25) is 0 Å². The molecule has 0 amide bonds. The van der Waals surface area contributed by atoms with E-state index in [1.54, 1.807) is 0 Å². The number of aromatic amines is 1. The molecule has 7 N–H and O–H groups in total. The molecule has 0 aliphatic heterocycles. The molecule has 0 aliphatic carbocycles. The van der Waals surface area contributed by atoms with Gasteiger partial charge in [0.2, 0.25) is 0 Å². The topological polar surface area (TPSA) is 136 Å². The standard InChI is InChI=1S/C12H15F2N3O4/c13-4-1-6-7(2-5(4)14)17-12(16-6)9(15)11(21)10(20)8(19)3-18/h1-2,8-11,18-21H,3,15H2,(H,16,17)/t8?,9-,10?,11?/m0/s1. The fourth-order valence-electron chi connectivity index (χ4n) is 1.89. The second-order valence-electron chi connectivity index (χ2n) is 4.66. The Morgan fingerprint density at radius 1 is 1.14 bits per heavy atom. The number of imidazole rings is 1. The van der Waals surface area contributed by atoms with E-state index in [-0.39, 0.29) is 16.9 Å². The van der Waals surface area contributed by atoms with Crippen LogP contribution in [0.4, 0.5) is 8.78 Å². The molecule has 7 nitrogen and oxygen atoms in total. The van der Waals surface area contributed by atoms with Crippen molar-refractivity contribution < 1.29 is 29.2 Å². The number of nitrogens with one attached hydrogen (secondary N) is 1. The van der Waals surface area contributed by atoms with E-state index in [0.717, 1.165) is 12.1 Å². The fraction of sp³-hybridized carbons (Fsp3) is 0.417. The van der Waals surface area contributed by atoms with E-state index < -0.39 is 42.6 Å². The molecule has 2 aromatic rings. The van der Waals surface area contributed by atoms with Crippen molar-refractivity contribution in [3.05, 3.63) is 29.6 Å². The van der Waals surface area contributed by atoms with Crippen LogP contribution >= 0.6 is 0 Å². The lowest BCUT2D eigenvalue weighted by molar-refractivity contribution is -0.0844. The van der Waals surface area contributed by atoms with Gasteiger partial charge in [0.15, 0.2) is 11.6 Å². The highest BCUT2D eigenvalue weighted by atomic mass is 19.2. The minimum absolute atomic E-state index is 0.0216. The Bertz CT molecular complexity index is 597. The lowest BCUT2D eigenvalue weighted by Gasteiger charge is -2.25. The van der Waals surface area contributed by atoms with Crippen LogP contribution in [0.5, 0.6) is 0 Å². The summed E-state index contributed by atoms with van der Waals surface area (Å²) in [5.41, 5.74) is 5.96. The second kappa shape index (κ2) is 6.00. The van der Waals surface area contributed by atoms with Crippen molar-refractivity contribution in [2.24, 2.45) is 5.73 Å². The molecule has 1 aromatic carbocycles. The Morgan fingerprint density at radius 2 is 1.76 bits per heavy atom. The summed E-state index contributed by atoms with van der Waals surface area (Å²) in [4.78, 5) is 6.50. The smallest absolute Gasteiger partial charge is 0.161 e. The van der Waals surface area contributed by atoms with Crippen molar-refractivity contribution in [2.75, 3.05) is 6.61 Å². The first kappa shape index (κ1) is 15.7. The molecule has 116 valence electrons. The number of aliphatic hydroxyl groups excluding tert-OH is 4. The van der Waals surface area contributed by atoms with Gasteiger partial charge in [-0.3, -0.25) is 0 Å². The molecule has 0 saturated carbocycles. The zero-order valence-electron chi connectivity index (χ0n) is 10.7. The van der Waals surface area contributed by atoms with Crippen LogP contribution < -0.4 is 5.73 Å². The van der Waals surface area contributed by atoms with Crippen LogP contribution in [0.3, 0.4) is 0 Å². The van der Waals surface area contributed by atoms with Gasteiger partial charge in [-0.25, -0.2) is 13.8 Å². The molecule has 1 aromatic heterocycles. The highest BCUT2D eigenvalue weighted by molar-refractivity contribution is 5.75. The van der Waals surface area contributed by atoms with Gasteiger partial charge >= 0.3 is 0 Å². The number of hydrogen-bond acceptors (Lipinski definition) is 6. The number of nitrogens with zero attached hydrogens (tertiary/aromatic N) is 1. The van der Waals surface area contributed by atoms with E-state index in [4.69, 9.17) is 10.8 Å². The molecular formula is C12H15F2N3O4. The van der Waals surface area contributed by atoms with Gasteiger partial charge in [-0.05, 0) is 0 Å². The Hall–Kier alpha value is -1.65. The quantitative estimate of drug-likeness (QED) is 0.416. The SMILES string of the molecule is N[C@H](c1nc2cc(F)c(F)cc2[nH]1)C(O)C(O)C(O)CO. The zero-order valence-corrected chi connectivity index (χ0v) is 10.7. The first-order valence-electron chi connectivity index (χ1n) is 6.10. The molecule has 0 spiro atoms. The number of rotatable bonds is 5. The number of H-pyrrole nitrogens is 1. The van der Waals surface area contributed by atoms with Gasteiger partial charge in [0.1, 0.15) is 24.1 Å². The van der Waals surface area contributed by atoms with E-state index in [9.17, 15) is 24.1 Å². The van der Waals surface area contributed by atoms with Crippen LogP contribution in [0, 0.1) is 11.6 Å². The molecule has 4 atom stereocenters. The molecule has 0 aliphatic rings. The number of halogens is 2. The lowest BCUT2D eigenvalue weighted by Crippen LogP contribution is -2.45. The van der Waals surface area contributed by atoms with Crippen molar-refractivity contribution in [1.82, 2.24) is 9.97 Å². The summed E-state index contributed by atoms with van der Waals surface area (Å²) in [7, 11) is 0. The maximum absolute atomic E-state index is 13.1. The van der Waals surface area contributed by atoms with E-state index in [0.29, 0.717) is 0 Å². The third kappa shape index (κ3) is 3.01. The third-order valence-electron chi connectivity index (χ3n) is 3.16. The normalized spacial score (nSPS) is 17.7. The summed E-state index contributed by atoms with van der Waals surface area (Å²) >= 11 is 0. The Balaban J connectivity index is 2.28. The third-order valence-corrected chi connectivity index (χ3v) is 3.16. The zero-order chi connectivity index (χ0) is 15.7. The minimum Gasteiger partial charge on any atom is -0.394 e. The Kier molecular flexibility index (Phi) is 4.49. The second-order valence-corrected chi connectivity index (χ2v) is 4.66. The Labute approximate surface area is 117 Å². The van der Waals surface area contributed by atoms with Crippen molar-refractivity contribution in [1.29, 1.82) is 0 Å². The van der Waals surface area contributed by atoms with Gasteiger partial charge in [-0.2, -0.15) is 0 Å². The van der Waals surface area contributed by atoms with Crippen LogP contribution in [-0.4, -0.2) is 55.3 Å². The highest BCUT2D eigenvalue weighted by Gasteiger charge is 2.31. The van der Waals surface area contributed by atoms with Crippen molar-refractivity contribution >= 4 is 11.0 Å². The monoisotopic (exact) mass is 303 g/mol. The van der Waals surface area contributed by atoms with Gasteiger partial charge in [0.25, 0.3) is 0 Å². The first-order chi connectivity index (χ1) is 9.85. The minimum atomic E-state index is -1.70. The number of benzene rings is 1. The molecule has 3 unspecified atom stereocenters. The van der Waals surface area contributed by atoms with Gasteiger partial charge in [-0.15, -0.1) is 0 Å². The van der Waals surface area contributed by atoms with Crippen molar-refractivity contribution in [3.63, 3.8) is 0 Å². The summed E-state index contributed by atoms with van der Waals surface area (Å²) in [6.07, 6.45) is -4.92. The summed E-state index contributed by atoms with van der Waals surface area (Å²) in [6, 6.07) is 0.502. The molecular weight excluding hydrogens is 288 g/mol. The summed E-state index contributed by atoms with van der Waals surface area (Å²) in [5.74, 6) is -2.17. The van der Waals surface area contributed by atoms with Crippen LogP contribution in [0.25, 0.3) is 11.0 Å². The Morgan fingerprint density at radius 3 is 2.38 bits per heavy atom. The molecule has 9 heteroatoms. The van der Waals surface area contributed by atoms with E-state index in [2.05, 4.69) is 9.97 Å². The number of aliphatic hydroxyl groups is 4. The van der Waals surface area contributed by atoms with Crippen LogP contribution in [0.15, 0.2) is 12.1 Å². The average molecular weight is 303 g/mol. The average Bonchev–Trinajstić information content (AvgIpc) is 2.87. The van der Waals surface area contributed by atoms with Gasteiger partial charge in [-0.1, -0.05) is 0 Å². The van der Waals surface area contributed by atoms with E-state index in [1.165, 1.54) is 0 Å². The predicted octanol–water partition coefficient (Wildman–Crippen LogP) is -1.08. The van der Waals surface area contributed by atoms with E-state index in [1.807, 2.05) is 0 Å². The number of aromatic nitrogens is 2. The largest absolute Gasteiger partial charge is 0.394 e. The predicted molar refractivity (Wildman–Crippen MR) is 68.0 cm³/mol. The lowest BCUT2D eigenvalue weighted by atomic mass is 10.0. The van der Waals surface area contributed by atoms with E-state index >= 15 is 0 Å².